The molecule has 40 heavy (non-hydrogen) atoms. The number of likely N-dealkylation sites (tertiary alicyclic amines) is 1. The first-order chi connectivity index (χ1) is 19.3. The fraction of sp³-hybridized carbons (Fsp3) is 0.552. The van der Waals surface area contributed by atoms with Crippen LogP contribution >= 0.6 is 0 Å². The van der Waals surface area contributed by atoms with Crippen molar-refractivity contribution in [2.24, 2.45) is 5.41 Å². The first-order valence-corrected chi connectivity index (χ1v) is 14.3. The van der Waals surface area contributed by atoms with Crippen LogP contribution in [0.1, 0.15) is 57.8 Å². The Hall–Kier alpha value is -3.57. The van der Waals surface area contributed by atoms with Crippen molar-refractivity contribution in [1.82, 2.24) is 34.0 Å². The number of carbonyl (C=O) groups is 1. The number of nitrogen functional groups attached to an aromatic ring is 1. The highest BCUT2D eigenvalue weighted by atomic mass is 16.5. The molecule has 3 N–H and O–H groups in total. The maximum absolute atomic E-state index is 13.2. The van der Waals surface area contributed by atoms with E-state index < -0.39 is 5.60 Å². The van der Waals surface area contributed by atoms with E-state index in [0.717, 1.165) is 49.1 Å². The molecule has 0 unspecified atom stereocenters. The Kier molecular flexibility index (Phi) is 6.95. The van der Waals surface area contributed by atoms with Gasteiger partial charge in [-0.1, -0.05) is 12.1 Å². The Balaban J connectivity index is 1.10. The molecule has 212 valence electrons. The predicted octanol–water partition coefficient (Wildman–Crippen LogP) is 3.12. The quantitative estimate of drug-likeness (QED) is 0.376. The fourth-order valence-corrected chi connectivity index (χ4v) is 6.56. The van der Waals surface area contributed by atoms with E-state index in [9.17, 15) is 9.90 Å². The second-order valence-electron chi connectivity index (χ2n) is 11.6. The van der Waals surface area contributed by atoms with Crippen molar-refractivity contribution < 1.29 is 14.6 Å². The molecular formula is C29H38N8O3. The number of para-hydroxylation sites is 2. The third-order valence-electron chi connectivity index (χ3n) is 8.89. The average Bonchev–Trinajstić information content (AvgIpc) is 3.50. The molecule has 2 aliphatic heterocycles. The molecule has 1 amide bonds. The summed E-state index contributed by atoms with van der Waals surface area (Å²) in [5.74, 6) is 1.56. The molecule has 6 rings (SSSR count). The third-order valence-corrected chi connectivity index (χ3v) is 8.89. The predicted molar refractivity (Wildman–Crippen MR) is 151 cm³/mol. The first kappa shape index (κ1) is 26.6. The Morgan fingerprint density at radius 3 is 2.77 bits per heavy atom. The maximum atomic E-state index is 13.2. The second-order valence-corrected chi connectivity index (χ2v) is 11.6. The van der Waals surface area contributed by atoms with Crippen molar-refractivity contribution in [3.8, 4) is 0 Å². The van der Waals surface area contributed by atoms with Gasteiger partial charge >= 0.3 is 0 Å². The summed E-state index contributed by atoms with van der Waals surface area (Å²) in [6, 6.07) is 7.89. The Bertz CT molecular complexity index is 1520. The van der Waals surface area contributed by atoms with Gasteiger partial charge in [-0.3, -0.25) is 4.79 Å². The number of anilines is 1. The van der Waals surface area contributed by atoms with Crippen LogP contribution < -0.4 is 5.73 Å². The molecular weight excluding hydrogens is 508 g/mol. The van der Waals surface area contributed by atoms with Crippen molar-refractivity contribution in [3.05, 3.63) is 42.7 Å². The summed E-state index contributed by atoms with van der Waals surface area (Å²) >= 11 is 0. The van der Waals surface area contributed by atoms with Gasteiger partial charge in [-0.15, -0.1) is 0 Å². The summed E-state index contributed by atoms with van der Waals surface area (Å²) in [6.45, 7) is 6.94. The minimum atomic E-state index is -1.11. The van der Waals surface area contributed by atoms with Crippen LogP contribution in [0, 0.1) is 5.41 Å². The molecule has 11 heteroatoms. The standard InChI is InChI=1S/C29H38N8O3/c1-3-36-21-8-5-4-7-20(21)34-23(36)9-6-10-24(38)35-13-11-29(12-14-35)15-22(28(2,39)16-40-17-29)37-19-33-25-26(30)31-18-32-27(25)37/h4-5,7-8,18-19,22,39H,3,6,9-17H2,1-2H3,(H2,30,31,32)/t22-,28-/m1/s1. The van der Waals surface area contributed by atoms with Crippen LogP contribution in [-0.4, -0.2) is 76.9 Å². The number of piperidine rings is 1. The number of aromatic nitrogens is 6. The number of fused-ring (bicyclic) bond motifs is 2. The number of nitrogens with zero attached hydrogens (tertiary/aromatic N) is 7. The number of imidazole rings is 2. The number of rotatable bonds is 6. The summed E-state index contributed by atoms with van der Waals surface area (Å²) < 4.78 is 10.2. The smallest absolute Gasteiger partial charge is 0.222 e. The van der Waals surface area contributed by atoms with Gasteiger partial charge in [0.15, 0.2) is 11.5 Å². The third kappa shape index (κ3) is 4.81. The number of carbonyl (C=O) groups excluding carboxylic acids is 1. The molecule has 2 atom stereocenters. The summed E-state index contributed by atoms with van der Waals surface area (Å²) in [5.41, 5.74) is 8.06. The molecule has 4 aromatic rings. The maximum Gasteiger partial charge on any atom is 0.222 e. The molecule has 5 heterocycles. The zero-order chi connectivity index (χ0) is 27.9. The first-order valence-electron chi connectivity index (χ1n) is 14.3. The fourth-order valence-electron chi connectivity index (χ4n) is 6.56. The van der Waals surface area contributed by atoms with Crippen LogP contribution in [0.2, 0.25) is 0 Å². The number of amides is 1. The van der Waals surface area contributed by atoms with Crippen molar-refractivity contribution in [3.63, 3.8) is 0 Å². The highest BCUT2D eigenvalue weighted by Crippen LogP contribution is 2.46. The molecule has 0 aliphatic carbocycles. The summed E-state index contributed by atoms with van der Waals surface area (Å²) in [7, 11) is 0. The minimum absolute atomic E-state index is 0.150. The van der Waals surface area contributed by atoms with Gasteiger partial charge in [0.05, 0.1) is 36.6 Å². The largest absolute Gasteiger partial charge is 0.386 e. The lowest BCUT2D eigenvalue weighted by atomic mass is 9.72. The SMILES string of the molecule is CCn1c(CCCC(=O)N2CCC3(CC2)COC[C@@](C)(O)[C@H](n2cnc4c(N)ncnc42)C3)nc2ccccc21. The summed E-state index contributed by atoms with van der Waals surface area (Å²) in [4.78, 5) is 32.9. The number of benzene rings is 1. The van der Waals surface area contributed by atoms with Crippen LogP contribution in [0.5, 0.6) is 0 Å². The Morgan fingerprint density at radius 1 is 1.18 bits per heavy atom. The molecule has 2 aliphatic rings. The van der Waals surface area contributed by atoms with Crippen LogP contribution in [0.4, 0.5) is 5.82 Å². The lowest BCUT2D eigenvalue weighted by Crippen LogP contribution is -2.46. The van der Waals surface area contributed by atoms with Gasteiger partial charge in [0.1, 0.15) is 23.3 Å². The van der Waals surface area contributed by atoms with Gasteiger partial charge in [-0.2, -0.15) is 0 Å². The monoisotopic (exact) mass is 546 g/mol. The van der Waals surface area contributed by atoms with Gasteiger partial charge < -0.3 is 29.6 Å². The summed E-state index contributed by atoms with van der Waals surface area (Å²) in [6.07, 6.45) is 7.52. The van der Waals surface area contributed by atoms with Gasteiger partial charge in [0.2, 0.25) is 5.91 Å². The minimum Gasteiger partial charge on any atom is -0.386 e. The van der Waals surface area contributed by atoms with Crippen molar-refractivity contribution in [2.45, 2.75) is 70.6 Å². The van der Waals surface area contributed by atoms with E-state index in [2.05, 4.69) is 32.5 Å². The Labute approximate surface area is 233 Å². The number of hydrogen-bond donors (Lipinski definition) is 2. The highest BCUT2D eigenvalue weighted by molar-refractivity contribution is 5.81. The van der Waals surface area contributed by atoms with Crippen molar-refractivity contribution >= 4 is 33.9 Å². The van der Waals surface area contributed by atoms with Crippen molar-refractivity contribution in [2.75, 3.05) is 32.0 Å². The molecule has 1 spiro atoms. The molecule has 1 aromatic carbocycles. The normalized spacial score (nSPS) is 23.2. The number of nitrogens with two attached hydrogens (primary N) is 1. The van der Waals surface area contributed by atoms with Gasteiger partial charge in [-0.25, -0.2) is 19.9 Å². The molecule has 2 saturated heterocycles. The zero-order valence-corrected chi connectivity index (χ0v) is 23.3. The van der Waals surface area contributed by atoms with Crippen molar-refractivity contribution in [1.29, 1.82) is 0 Å². The van der Waals surface area contributed by atoms with Gasteiger partial charge in [-0.05, 0) is 57.1 Å². The number of aliphatic hydroxyl groups is 1. The topological polar surface area (TPSA) is 137 Å². The van der Waals surface area contributed by atoms with Crippen LogP contribution in [0.15, 0.2) is 36.9 Å². The van der Waals surface area contributed by atoms with E-state index in [1.807, 2.05) is 27.7 Å². The highest BCUT2D eigenvalue weighted by Gasteiger charge is 2.47. The molecule has 0 bridgehead atoms. The Morgan fingerprint density at radius 2 is 1.98 bits per heavy atom. The van der Waals surface area contributed by atoms with E-state index in [1.54, 1.807) is 13.3 Å². The van der Waals surface area contributed by atoms with E-state index in [0.29, 0.717) is 49.5 Å². The number of hydrogen-bond acceptors (Lipinski definition) is 8. The van der Waals surface area contributed by atoms with Crippen LogP contribution in [-0.2, 0) is 22.5 Å². The number of ether oxygens (including phenoxy) is 1. The van der Waals surface area contributed by atoms with Crippen LogP contribution in [0.3, 0.4) is 0 Å². The lowest BCUT2D eigenvalue weighted by Gasteiger charge is -2.43. The molecule has 0 radical (unpaired) electrons. The lowest BCUT2D eigenvalue weighted by molar-refractivity contribution is -0.134. The second kappa shape index (κ2) is 10.4. The zero-order valence-electron chi connectivity index (χ0n) is 23.3. The molecule has 2 fully saturated rings. The van der Waals surface area contributed by atoms with Gasteiger partial charge in [0, 0.05) is 32.5 Å². The number of aryl methyl sites for hydroxylation is 2. The average molecular weight is 547 g/mol. The van der Waals surface area contributed by atoms with E-state index >= 15 is 0 Å². The summed E-state index contributed by atoms with van der Waals surface area (Å²) in [5, 5.41) is 11.4. The molecule has 11 nitrogen and oxygen atoms in total. The molecule has 0 saturated carbocycles. The van der Waals surface area contributed by atoms with E-state index in [4.69, 9.17) is 15.5 Å². The van der Waals surface area contributed by atoms with E-state index in [1.165, 1.54) is 6.33 Å². The molecule has 3 aromatic heterocycles. The van der Waals surface area contributed by atoms with E-state index in [-0.39, 0.29) is 24.0 Å². The van der Waals surface area contributed by atoms with Gasteiger partial charge in [0.25, 0.3) is 0 Å². The van der Waals surface area contributed by atoms with Crippen LogP contribution in [0.25, 0.3) is 22.2 Å².